The second-order valence-electron chi connectivity index (χ2n) is 4.48. The van der Waals surface area contributed by atoms with Crippen LogP contribution < -0.4 is 0 Å². The first-order valence-corrected chi connectivity index (χ1v) is 6.41. The fourth-order valence-electron chi connectivity index (χ4n) is 2.29. The lowest BCUT2D eigenvalue weighted by Crippen LogP contribution is -2.30. The zero-order valence-electron chi connectivity index (χ0n) is 8.41. The van der Waals surface area contributed by atoms with E-state index in [2.05, 4.69) is 29.8 Å². The molecule has 1 atom stereocenters. The Morgan fingerprint density at radius 3 is 2.25 bits per heavy atom. The molecule has 0 aromatic rings. The summed E-state index contributed by atoms with van der Waals surface area (Å²) in [6, 6.07) is 0. The molecular formula is C11H21Br. The lowest BCUT2D eigenvalue weighted by atomic mass is 9.70. The van der Waals surface area contributed by atoms with Crippen LogP contribution in [0.5, 0.6) is 0 Å². The molecule has 1 heteroatoms. The highest BCUT2D eigenvalue weighted by Gasteiger charge is 2.31. The van der Waals surface area contributed by atoms with Crippen LogP contribution in [-0.4, -0.2) is 5.33 Å². The quantitative estimate of drug-likeness (QED) is 0.634. The Bertz CT molecular complexity index is 121. The predicted octanol–water partition coefficient (Wildman–Crippen LogP) is 4.38. The molecule has 0 amide bonds. The van der Waals surface area contributed by atoms with Crippen LogP contribution in [0.4, 0.5) is 0 Å². The molecule has 0 radical (unpaired) electrons. The van der Waals surface area contributed by atoms with E-state index in [-0.39, 0.29) is 0 Å². The molecular weight excluding hydrogens is 212 g/mol. The Morgan fingerprint density at radius 2 is 1.83 bits per heavy atom. The van der Waals surface area contributed by atoms with E-state index in [1.165, 1.54) is 43.9 Å². The lowest BCUT2D eigenvalue weighted by Gasteiger charge is -2.38. The minimum Gasteiger partial charge on any atom is -0.0922 e. The van der Waals surface area contributed by atoms with E-state index in [4.69, 9.17) is 0 Å². The maximum Gasteiger partial charge on any atom is 0.00878 e. The van der Waals surface area contributed by atoms with Gasteiger partial charge >= 0.3 is 0 Å². The van der Waals surface area contributed by atoms with E-state index in [0.29, 0.717) is 5.41 Å². The molecule has 1 unspecified atom stereocenters. The summed E-state index contributed by atoms with van der Waals surface area (Å²) in [5.41, 5.74) is 0.570. The highest BCUT2D eigenvalue weighted by molar-refractivity contribution is 9.09. The van der Waals surface area contributed by atoms with Crippen molar-refractivity contribution in [3.05, 3.63) is 0 Å². The number of halogens is 1. The molecule has 0 aromatic carbocycles. The third-order valence-corrected chi connectivity index (χ3v) is 4.98. The van der Waals surface area contributed by atoms with Crippen LogP contribution in [0, 0.1) is 11.3 Å². The van der Waals surface area contributed by atoms with Crippen molar-refractivity contribution in [2.45, 2.75) is 52.4 Å². The Morgan fingerprint density at radius 1 is 1.25 bits per heavy atom. The van der Waals surface area contributed by atoms with Gasteiger partial charge < -0.3 is 0 Å². The summed E-state index contributed by atoms with van der Waals surface area (Å²) in [5, 5.41) is 1.18. The van der Waals surface area contributed by atoms with Crippen molar-refractivity contribution in [1.82, 2.24) is 0 Å². The normalized spacial score (nSPS) is 25.2. The van der Waals surface area contributed by atoms with Crippen LogP contribution in [0.15, 0.2) is 0 Å². The summed E-state index contributed by atoms with van der Waals surface area (Å²) in [7, 11) is 0. The monoisotopic (exact) mass is 232 g/mol. The van der Waals surface area contributed by atoms with Crippen LogP contribution in [0.2, 0.25) is 0 Å². The third kappa shape index (κ3) is 2.25. The molecule has 0 N–H and O–H groups in total. The molecule has 72 valence electrons. The number of rotatable bonds is 3. The molecule has 0 bridgehead atoms. The van der Waals surface area contributed by atoms with Gasteiger partial charge in [0.2, 0.25) is 0 Å². The Labute approximate surface area is 85.3 Å². The second kappa shape index (κ2) is 4.64. The number of hydrogen-bond donors (Lipinski definition) is 0. The van der Waals surface area contributed by atoms with Crippen LogP contribution in [0.3, 0.4) is 0 Å². The molecule has 0 nitrogen and oxygen atoms in total. The van der Waals surface area contributed by atoms with Gasteiger partial charge in [-0.05, 0) is 30.6 Å². The smallest absolute Gasteiger partial charge is 0.00878 e. The summed E-state index contributed by atoms with van der Waals surface area (Å²) >= 11 is 3.67. The molecule has 1 aliphatic rings. The van der Waals surface area contributed by atoms with Crippen molar-refractivity contribution >= 4 is 15.9 Å². The van der Waals surface area contributed by atoms with Crippen LogP contribution >= 0.6 is 15.9 Å². The van der Waals surface area contributed by atoms with Crippen molar-refractivity contribution in [2.75, 3.05) is 5.33 Å². The van der Waals surface area contributed by atoms with Gasteiger partial charge in [-0.25, -0.2) is 0 Å². The van der Waals surface area contributed by atoms with Gasteiger partial charge in [0.25, 0.3) is 0 Å². The predicted molar refractivity (Wildman–Crippen MR) is 58.8 cm³/mol. The van der Waals surface area contributed by atoms with Crippen molar-refractivity contribution < 1.29 is 0 Å². The average Bonchev–Trinajstić information content (AvgIpc) is 2.18. The van der Waals surface area contributed by atoms with E-state index in [9.17, 15) is 0 Å². The summed E-state index contributed by atoms with van der Waals surface area (Å²) in [6.45, 7) is 4.77. The van der Waals surface area contributed by atoms with Gasteiger partial charge in [0, 0.05) is 5.33 Å². The highest BCUT2D eigenvalue weighted by atomic mass is 79.9. The van der Waals surface area contributed by atoms with Gasteiger partial charge in [0.1, 0.15) is 0 Å². The molecule has 12 heavy (non-hydrogen) atoms. The summed E-state index contributed by atoms with van der Waals surface area (Å²) in [5.74, 6) is 0.982. The molecule has 0 aliphatic heterocycles. The average molecular weight is 233 g/mol. The topological polar surface area (TPSA) is 0 Å². The molecule has 0 aromatic heterocycles. The largest absolute Gasteiger partial charge is 0.0922 e. The summed E-state index contributed by atoms with van der Waals surface area (Å²) in [6.07, 6.45) is 8.66. The fraction of sp³-hybridized carbons (Fsp3) is 1.00. The minimum absolute atomic E-state index is 0.570. The maximum atomic E-state index is 3.67. The van der Waals surface area contributed by atoms with Gasteiger partial charge in [0.05, 0.1) is 0 Å². The summed E-state index contributed by atoms with van der Waals surface area (Å²) in [4.78, 5) is 0. The van der Waals surface area contributed by atoms with Gasteiger partial charge in [-0.15, -0.1) is 0 Å². The molecule has 1 saturated carbocycles. The molecule has 0 saturated heterocycles. The van der Waals surface area contributed by atoms with E-state index in [1.807, 2.05) is 0 Å². The first-order chi connectivity index (χ1) is 5.73. The van der Waals surface area contributed by atoms with Crippen molar-refractivity contribution in [2.24, 2.45) is 11.3 Å². The Kier molecular flexibility index (Phi) is 4.09. The standard InChI is InChI=1S/C11H21Br/c1-3-11(2,9-12)10-7-5-4-6-8-10/h10H,3-9H2,1-2H3. The van der Waals surface area contributed by atoms with Gasteiger partial charge in [-0.2, -0.15) is 0 Å². The van der Waals surface area contributed by atoms with E-state index in [1.54, 1.807) is 0 Å². The minimum atomic E-state index is 0.570. The van der Waals surface area contributed by atoms with Gasteiger partial charge in [-0.3, -0.25) is 0 Å². The summed E-state index contributed by atoms with van der Waals surface area (Å²) < 4.78 is 0. The molecule has 1 rings (SSSR count). The SMILES string of the molecule is CCC(C)(CBr)C1CCCCC1. The highest BCUT2D eigenvalue weighted by Crippen LogP contribution is 2.41. The van der Waals surface area contributed by atoms with Crippen LogP contribution in [-0.2, 0) is 0 Å². The molecule has 1 fully saturated rings. The maximum absolute atomic E-state index is 3.67. The lowest BCUT2D eigenvalue weighted by molar-refractivity contribution is 0.159. The van der Waals surface area contributed by atoms with Gasteiger partial charge in [0.15, 0.2) is 0 Å². The van der Waals surface area contributed by atoms with E-state index in [0.717, 1.165) is 5.92 Å². The molecule has 0 heterocycles. The number of alkyl halides is 1. The Balaban J connectivity index is 2.51. The molecule has 0 spiro atoms. The van der Waals surface area contributed by atoms with E-state index < -0.39 is 0 Å². The van der Waals surface area contributed by atoms with Gasteiger partial charge in [-0.1, -0.05) is 49.0 Å². The van der Waals surface area contributed by atoms with Crippen molar-refractivity contribution in [3.63, 3.8) is 0 Å². The van der Waals surface area contributed by atoms with E-state index >= 15 is 0 Å². The zero-order valence-corrected chi connectivity index (χ0v) is 9.99. The zero-order chi connectivity index (χ0) is 9.03. The van der Waals surface area contributed by atoms with Crippen LogP contribution in [0.1, 0.15) is 52.4 Å². The number of hydrogen-bond acceptors (Lipinski definition) is 0. The third-order valence-electron chi connectivity index (χ3n) is 3.70. The van der Waals surface area contributed by atoms with Crippen LogP contribution in [0.25, 0.3) is 0 Å². The Hall–Kier alpha value is 0.480. The van der Waals surface area contributed by atoms with Crippen molar-refractivity contribution in [3.8, 4) is 0 Å². The second-order valence-corrected chi connectivity index (χ2v) is 5.04. The van der Waals surface area contributed by atoms with Crippen molar-refractivity contribution in [1.29, 1.82) is 0 Å². The molecule has 1 aliphatic carbocycles. The first-order valence-electron chi connectivity index (χ1n) is 5.29. The first kappa shape index (κ1) is 10.6. The fourth-order valence-corrected chi connectivity index (χ4v) is 3.15.